The summed E-state index contributed by atoms with van der Waals surface area (Å²) in [6.07, 6.45) is 36.4. The molecule has 8 nitrogen and oxygen atoms in total. The number of hydrogen-bond donors (Lipinski definition) is 1. The number of carbonyl (C=O) groups is 2. The van der Waals surface area contributed by atoms with Gasteiger partial charge in [-0.2, -0.15) is 0 Å². The quantitative estimate of drug-likeness (QED) is 0.0380. The summed E-state index contributed by atoms with van der Waals surface area (Å²) in [7, 11) is 3.44. The molecule has 0 heterocycles. The second kappa shape index (κ2) is 43.8. The van der Waals surface area contributed by atoms with E-state index in [4.69, 9.17) is 15.5 Å². The van der Waals surface area contributed by atoms with Gasteiger partial charge in [-0.25, -0.2) is 0 Å². The van der Waals surface area contributed by atoms with E-state index in [9.17, 15) is 14.7 Å². The predicted octanol–water partition coefficient (Wildman–Crippen LogP) is 16.4. The van der Waals surface area contributed by atoms with Gasteiger partial charge in [-0.1, -0.05) is 146 Å². The Kier molecular flexibility index (Phi) is 42.7. The number of carbonyl (C=O) groups excluding carboxylic acids is 2. The molecule has 0 aromatic carbocycles. The van der Waals surface area contributed by atoms with E-state index in [2.05, 4.69) is 154 Å². The van der Waals surface area contributed by atoms with Crippen molar-refractivity contribution in [2.24, 2.45) is 10.8 Å². The van der Waals surface area contributed by atoms with E-state index in [-0.39, 0.29) is 49.1 Å². The maximum Gasteiger partial charge on any atom is 0.308 e. The van der Waals surface area contributed by atoms with Crippen LogP contribution in [0.25, 0.3) is 0 Å². The maximum atomic E-state index is 11.3. The predicted molar refractivity (Wildman–Crippen MR) is 300 cm³/mol. The minimum absolute atomic E-state index is 0.0540. The Morgan fingerprint density at radius 3 is 1.34 bits per heavy atom. The molecule has 0 bridgehead atoms. The molecule has 9 heteroatoms. The van der Waals surface area contributed by atoms with Crippen LogP contribution < -0.4 is 0 Å². The molecule has 0 radical (unpaired) electrons. The van der Waals surface area contributed by atoms with E-state index in [0.29, 0.717) is 13.2 Å². The van der Waals surface area contributed by atoms with Crippen molar-refractivity contribution in [1.82, 2.24) is 0 Å². The van der Waals surface area contributed by atoms with Crippen LogP contribution in [0.3, 0.4) is 0 Å². The molecule has 70 heavy (non-hydrogen) atoms. The molecule has 0 aliphatic heterocycles. The first kappa shape index (κ1) is 68.2. The molecule has 0 aliphatic rings. The average Bonchev–Trinajstić information content (AvgIpc) is 3.31. The number of allylic oxidation sites excluding steroid dienone is 16. The van der Waals surface area contributed by atoms with Crippen molar-refractivity contribution < 1.29 is 39.7 Å². The van der Waals surface area contributed by atoms with Crippen LogP contribution in [0.15, 0.2) is 119 Å². The van der Waals surface area contributed by atoms with Gasteiger partial charge in [0.1, 0.15) is 0 Å². The molecule has 0 fully saturated rings. The van der Waals surface area contributed by atoms with E-state index in [0.717, 1.165) is 97.0 Å². The van der Waals surface area contributed by atoms with Crippen LogP contribution in [0.2, 0.25) is 6.82 Å². The third-order valence-electron chi connectivity index (χ3n) is 11.4. The van der Waals surface area contributed by atoms with E-state index >= 15 is 0 Å². The van der Waals surface area contributed by atoms with Gasteiger partial charge in [-0.05, 0) is 163 Å². The van der Waals surface area contributed by atoms with Gasteiger partial charge in [0, 0.05) is 1.37 Å². The van der Waals surface area contributed by atoms with Crippen molar-refractivity contribution in [3.05, 3.63) is 119 Å². The first-order valence-corrected chi connectivity index (χ1v) is 25.6. The molecule has 2 atom stereocenters. The zero-order valence-corrected chi connectivity index (χ0v) is 47.4. The van der Waals surface area contributed by atoms with Crippen molar-refractivity contribution in [3.8, 4) is 0 Å². The third kappa shape index (κ3) is 49.1. The van der Waals surface area contributed by atoms with Crippen molar-refractivity contribution in [3.63, 3.8) is 0 Å². The van der Waals surface area contributed by atoms with Gasteiger partial charge < -0.3 is 24.1 Å². The first-order valence-electron chi connectivity index (χ1n) is 26.3. The van der Waals surface area contributed by atoms with Gasteiger partial charge in [-0.15, -0.1) is 0 Å². The van der Waals surface area contributed by atoms with Gasteiger partial charge in [0.15, 0.2) is 0 Å². The molecule has 398 valence electrons. The largest absolute Gasteiger partial charge is 0.469 e. The molecular formula is C61H103BO8. The third-order valence-corrected chi connectivity index (χ3v) is 11.4. The van der Waals surface area contributed by atoms with Crippen LogP contribution in [0.5, 0.6) is 0 Å². The van der Waals surface area contributed by atoms with Crippen LogP contribution in [0, 0.1) is 10.8 Å². The minimum Gasteiger partial charge on any atom is -0.469 e. The fraction of sp³-hybridized carbons (Fsp3) is 0.639. The number of methoxy groups -OCH3 is 2. The monoisotopic (exact) mass is 976 g/mol. The van der Waals surface area contributed by atoms with E-state index in [1.54, 1.807) is 0 Å². The Morgan fingerprint density at radius 1 is 0.600 bits per heavy atom. The zero-order chi connectivity index (χ0) is 54.7. The van der Waals surface area contributed by atoms with Crippen LogP contribution in [0.1, 0.15) is 194 Å². The zero-order valence-electron chi connectivity index (χ0n) is 48.4. The van der Waals surface area contributed by atoms with Gasteiger partial charge in [0.05, 0.1) is 59.1 Å². The van der Waals surface area contributed by atoms with Crippen LogP contribution in [-0.2, 0) is 33.2 Å². The van der Waals surface area contributed by atoms with E-state index in [1.165, 1.54) is 65.6 Å². The normalized spacial score (nSPS) is 13.5. The number of aliphatic hydroxyl groups excluding tert-OH is 1. The smallest absolute Gasteiger partial charge is 0.308 e. The van der Waals surface area contributed by atoms with Crippen molar-refractivity contribution in [1.29, 1.82) is 0 Å². The molecular weight excluding hydrogens is 871 g/mol. The van der Waals surface area contributed by atoms with Gasteiger partial charge in [0.25, 0.3) is 0 Å². The Morgan fingerprint density at radius 2 is 0.971 bits per heavy atom. The van der Waals surface area contributed by atoms with E-state index in [1.807, 2.05) is 12.2 Å². The van der Waals surface area contributed by atoms with E-state index < -0.39 is 12.2 Å². The van der Waals surface area contributed by atoms with Gasteiger partial charge in [-0.3, -0.25) is 9.59 Å². The molecule has 0 aliphatic carbocycles. The Hall–Kier alpha value is -3.92. The molecule has 0 saturated carbocycles. The summed E-state index contributed by atoms with van der Waals surface area (Å²) in [5.41, 5.74) is 11.1. The topological polar surface area (TPSA) is 108 Å². The summed E-state index contributed by atoms with van der Waals surface area (Å²) >= 11 is 0. The molecule has 1 N–H and O–H groups in total. The molecule has 0 rings (SSSR count). The van der Waals surface area contributed by atoms with Crippen molar-refractivity contribution in [2.45, 2.75) is 212 Å². The molecule has 0 spiro atoms. The summed E-state index contributed by atoms with van der Waals surface area (Å²) in [5, 5.41) is 9.29. The average molecular weight is 976 g/mol. The number of hydrogen-bond acceptors (Lipinski definition) is 8. The first-order chi connectivity index (χ1) is 33.4. The molecule has 0 aromatic rings. The van der Waals surface area contributed by atoms with Crippen molar-refractivity contribution in [2.75, 3.05) is 34.0 Å². The second-order valence-corrected chi connectivity index (χ2v) is 20.5. The summed E-state index contributed by atoms with van der Waals surface area (Å²) in [6.45, 7) is 37.0. The summed E-state index contributed by atoms with van der Waals surface area (Å²) in [5.74, 6) is -0.714. The van der Waals surface area contributed by atoms with Crippen molar-refractivity contribution >= 4 is 19.1 Å². The summed E-state index contributed by atoms with van der Waals surface area (Å²) in [4.78, 5) is 22.6. The Balaban J connectivity index is -0.00000123. The fourth-order valence-electron chi connectivity index (χ4n) is 6.44. The minimum atomic E-state index is -0.520. The molecule has 0 aromatic heterocycles. The number of esters is 2. The number of ether oxygens (including phenoxy) is 4. The Labute approximate surface area is 432 Å². The molecule has 0 saturated heterocycles. The standard InChI is InChI=1S/C30H50O4.C30H50O3.CH3BO/c1-24(2)12-11-14-25(3)15-16-27(5)17-20-30(6,7)19-10-9-13-26(4)18-21-34-28(23-31)22-29(32)33-8;1-24(2)13-12-15-25(3)16-17-27(5)18-21-30(7,8)20-11-10-14-26(4)19-22-33-28(6)23-29(31)32-9;1-2-3/h10,12,15,18-19,28,31H,5,9,11,13-14,16-17,20-23H2,1-4,6-8H3;11,13,16,19-20,28H,5,10,12,14-15,17-18,21-23H2,1-4,6-9H3;1H3/b19-10+,25-15+,26-18-;20-11+,25-16+,26-19-;/i;6D;. The Bertz CT molecular complexity index is 1620. The maximum absolute atomic E-state index is 11.3. The van der Waals surface area contributed by atoms with Gasteiger partial charge in [0.2, 0.25) is 0 Å². The fourth-order valence-corrected chi connectivity index (χ4v) is 6.44. The number of rotatable bonds is 35. The van der Waals surface area contributed by atoms with Gasteiger partial charge >= 0.3 is 30.6 Å². The molecule has 0 amide bonds. The SMILES string of the molecule is C=C(C/C=C(\C)CCC=C(C)C)CCC(C)(C)/C=C/CC/C(C)=C\COC(CO)CC(=O)OC.CB=O.[2H]CC(CC(=O)OC)OC/C=C(/C)CC/C=C/C(C)(C)CCC(=C)C/C=C(\C)CCC=C(C)C. The second-order valence-electron chi connectivity index (χ2n) is 20.5. The summed E-state index contributed by atoms with van der Waals surface area (Å²) < 4.78 is 36.7. The summed E-state index contributed by atoms with van der Waals surface area (Å²) in [6, 6.07) is 0. The van der Waals surface area contributed by atoms with Crippen LogP contribution >= 0.6 is 0 Å². The van der Waals surface area contributed by atoms with Crippen LogP contribution in [0.4, 0.5) is 0 Å². The molecule has 2 unspecified atom stereocenters. The van der Waals surface area contributed by atoms with Crippen LogP contribution in [-0.4, -0.2) is 70.4 Å². The number of aliphatic hydroxyl groups is 1.